The molecule has 25 heteroatoms. The molecule has 15 nitrogen and oxygen atoms in total. The molecular weight excluding hydrogens is 1070 g/mol. The monoisotopic (exact) mass is 1120 g/mol. The summed E-state index contributed by atoms with van der Waals surface area (Å²) in [6.45, 7) is 6.14. The summed E-state index contributed by atoms with van der Waals surface area (Å²) in [6.07, 6.45) is -2.61. The molecule has 4 aliphatic rings. The fourth-order valence-corrected chi connectivity index (χ4v) is 11.2. The zero-order chi connectivity index (χ0) is 55.4. The van der Waals surface area contributed by atoms with Crippen molar-refractivity contribution in [3.63, 3.8) is 0 Å². The van der Waals surface area contributed by atoms with Crippen LogP contribution in [0.2, 0.25) is 0 Å². The van der Waals surface area contributed by atoms with E-state index in [1.165, 1.54) is 31.3 Å². The number of H-pyrrole nitrogens is 1. The van der Waals surface area contributed by atoms with E-state index in [-0.39, 0.29) is 25.7 Å². The molecule has 0 amide bonds. The van der Waals surface area contributed by atoms with Gasteiger partial charge in [-0.05, 0) is 88.1 Å². The van der Waals surface area contributed by atoms with Crippen molar-refractivity contribution in [2.45, 2.75) is 121 Å². The molecule has 2 aliphatic carbocycles. The molecule has 2 saturated heterocycles. The van der Waals surface area contributed by atoms with E-state index in [0.29, 0.717) is 0 Å². The highest BCUT2D eigenvalue weighted by Crippen LogP contribution is 2.67. The predicted octanol–water partition coefficient (Wildman–Crippen LogP) is 7.83. The molecule has 3 aromatic carbocycles. The SMILES string of the molecule is CC12CCC(C(=O)OCC(F)C(F)(F)S(=O)(=O)[O-])(OC1=O)C2(C)C.CC12CCC(C(=O)OCC(F)C(F)(F)S(=O)(=O)[O-])(OC1=O)C2(C)C.c1cc[nH+]cc1.c1ccc(Sc2ccc([SH+]c3ccccc3)cc2)cc1. The number of ether oxygens (including phenoxy) is 4. The summed E-state index contributed by atoms with van der Waals surface area (Å²) >= 11 is 3.06. The fraction of sp³-hybridized carbons (Fsp3) is 0.449. The lowest BCUT2D eigenvalue weighted by atomic mass is 9.66. The summed E-state index contributed by atoms with van der Waals surface area (Å²) in [7, 11) is -12.5. The normalized spacial score (nSPS) is 25.0. The van der Waals surface area contributed by atoms with Gasteiger partial charge in [-0.2, -0.15) is 17.6 Å². The Morgan fingerprint density at radius 1 is 0.608 bits per heavy atom. The minimum Gasteiger partial charge on any atom is -0.743 e. The van der Waals surface area contributed by atoms with Gasteiger partial charge in [0.15, 0.2) is 42.4 Å². The Hall–Kier alpha value is -5.21. The van der Waals surface area contributed by atoms with Crippen LogP contribution in [0.1, 0.15) is 67.2 Å². The Morgan fingerprint density at radius 3 is 1.27 bits per heavy atom. The zero-order valence-electron chi connectivity index (χ0n) is 40.5. The lowest BCUT2D eigenvalue weighted by Crippen LogP contribution is -2.50. The number of halogens is 6. The first-order valence-electron chi connectivity index (χ1n) is 22.4. The van der Waals surface area contributed by atoms with Crippen molar-refractivity contribution < 1.29 is 95.4 Å². The molecule has 0 spiro atoms. The summed E-state index contributed by atoms with van der Waals surface area (Å²) in [5.74, 6) is -3.80. The zero-order valence-corrected chi connectivity index (χ0v) is 43.9. The number of aromatic amines is 1. The molecule has 74 heavy (non-hydrogen) atoms. The average molecular weight is 1120 g/mol. The maximum absolute atomic E-state index is 13.4. The van der Waals surface area contributed by atoms with Crippen LogP contribution in [0.4, 0.5) is 26.3 Å². The van der Waals surface area contributed by atoms with Gasteiger partial charge in [-0.1, -0.05) is 81.9 Å². The van der Waals surface area contributed by atoms with E-state index in [1.54, 1.807) is 53.3 Å². The van der Waals surface area contributed by atoms with Gasteiger partial charge < -0.3 is 28.1 Å². The molecule has 3 heterocycles. The van der Waals surface area contributed by atoms with E-state index in [9.17, 15) is 71.5 Å². The molecule has 4 fully saturated rings. The molecule has 6 unspecified atom stereocenters. The molecule has 4 bridgehead atoms. The average Bonchev–Trinajstić information content (AvgIpc) is 3.82. The van der Waals surface area contributed by atoms with Crippen LogP contribution in [-0.4, -0.2) is 97.1 Å². The van der Waals surface area contributed by atoms with Crippen molar-refractivity contribution >= 4 is 67.6 Å². The highest BCUT2D eigenvalue weighted by atomic mass is 32.2. The van der Waals surface area contributed by atoms with Gasteiger partial charge in [0.2, 0.25) is 23.5 Å². The van der Waals surface area contributed by atoms with Gasteiger partial charge in [-0.15, -0.1) is 0 Å². The Bertz CT molecular complexity index is 2670. The number of rotatable bonds is 14. The van der Waals surface area contributed by atoms with Crippen molar-refractivity contribution in [3.8, 4) is 0 Å². The third-order valence-corrected chi connectivity index (χ3v) is 18.4. The number of fused-ring (bicyclic) bond motifs is 4. The molecular formula is C49H53F6NO14S4. The van der Waals surface area contributed by atoms with Gasteiger partial charge in [0.25, 0.3) is 0 Å². The molecule has 2 aliphatic heterocycles. The first-order valence-corrected chi connectivity index (χ1v) is 27.0. The lowest BCUT2D eigenvalue weighted by molar-refractivity contribution is -0.378. The number of benzene rings is 3. The van der Waals surface area contributed by atoms with Crippen LogP contribution >= 0.6 is 11.8 Å². The second-order valence-corrected chi connectivity index (χ2v) is 24.3. The van der Waals surface area contributed by atoms with Gasteiger partial charge in [0, 0.05) is 44.5 Å². The molecule has 4 aromatic rings. The van der Waals surface area contributed by atoms with E-state index in [2.05, 4.69) is 93.3 Å². The first kappa shape index (κ1) is 59.7. The number of alkyl halides is 6. The van der Waals surface area contributed by atoms with E-state index < -0.39 is 113 Å². The number of aromatic nitrogens is 1. The number of thiol groups is 1. The quantitative estimate of drug-likeness (QED) is 0.0292. The Balaban J connectivity index is 0.000000194. The standard InChI is InChI=1S/C18H14S2.2C13H17F3O7S.C5H5N/c1-3-7-15(8-4-1)19-17-11-13-18(14-12-17)20-16-9-5-2-6-10-16;2*1-10(2)11(3)4-5-12(10,23-8(11)17)9(18)22-6-7(14)13(15,16)24(19,20)21;1-2-4-6-5-3-1/h1-14H;2*7H,4-6H2,1-3H3,(H,19,20,21);1-5H. The number of carbonyl (C=O) groups excluding carboxylic acids is 4. The van der Waals surface area contributed by atoms with Crippen molar-refractivity contribution in [2.75, 3.05) is 13.2 Å². The first-order chi connectivity index (χ1) is 34.2. The Kier molecular flexibility index (Phi) is 17.9. The number of hydrogen-bond acceptors (Lipinski definition) is 15. The van der Waals surface area contributed by atoms with Crippen LogP contribution < -0.4 is 4.98 Å². The number of hydrogen-bond donors (Lipinski definition) is 0. The Morgan fingerprint density at radius 2 is 0.959 bits per heavy atom. The van der Waals surface area contributed by atoms with Crippen molar-refractivity contribution in [3.05, 3.63) is 116 Å². The van der Waals surface area contributed by atoms with Gasteiger partial charge in [0.1, 0.15) is 13.2 Å². The van der Waals surface area contributed by atoms with Gasteiger partial charge in [0.05, 0.1) is 10.8 Å². The van der Waals surface area contributed by atoms with Crippen LogP contribution in [0.3, 0.4) is 0 Å². The molecule has 1 aromatic heterocycles. The van der Waals surface area contributed by atoms with E-state index in [1.807, 2.05) is 36.7 Å². The number of nitrogens with one attached hydrogen (secondary N) is 1. The minimum atomic E-state index is -6.26. The number of carbonyl (C=O) groups is 4. The summed E-state index contributed by atoms with van der Waals surface area (Å²) in [5, 5.41) is -10.5. The third kappa shape index (κ3) is 11.5. The van der Waals surface area contributed by atoms with Crippen LogP contribution in [0.25, 0.3) is 0 Å². The Labute approximate surface area is 432 Å². The summed E-state index contributed by atoms with van der Waals surface area (Å²) in [4.78, 5) is 56.6. The highest BCUT2D eigenvalue weighted by molar-refractivity contribution is 7.99. The van der Waals surface area contributed by atoms with Crippen molar-refractivity contribution in [1.29, 1.82) is 0 Å². The lowest BCUT2D eigenvalue weighted by Gasteiger charge is -2.34. The van der Waals surface area contributed by atoms with E-state index in [0.717, 1.165) is 0 Å². The van der Waals surface area contributed by atoms with Crippen LogP contribution in [0.15, 0.2) is 135 Å². The molecule has 6 atom stereocenters. The second kappa shape index (κ2) is 22.2. The van der Waals surface area contributed by atoms with Gasteiger partial charge in [-0.25, -0.2) is 40.2 Å². The molecule has 0 radical (unpaired) electrons. The summed E-state index contributed by atoms with van der Waals surface area (Å²) in [5.41, 5.74) is -7.55. The van der Waals surface area contributed by atoms with Crippen LogP contribution in [-0.2, 0) is 70.1 Å². The van der Waals surface area contributed by atoms with Crippen LogP contribution in [0.5, 0.6) is 0 Å². The fourth-order valence-electron chi connectivity index (χ4n) is 8.65. The van der Waals surface area contributed by atoms with E-state index in [4.69, 9.17) is 9.47 Å². The highest BCUT2D eigenvalue weighted by Gasteiger charge is 2.77. The second-order valence-electron chi connectivity index (χ2n) is 18.9. The molecule has 8 rings (SSSR count). The van der Waals surface area contributed by atoms with E-state index >= 15 is 0 Å². The van der Waals surface area contributed by atoms with Crippen molar-refractivity contribution in [1.82, 2.24) is 0 Å². The summed E-state index contributed by atoms with van der Waals surface area (Å²) in [6, 6.07) is 35.7. The predicted molar refractivity (Wildman–Crippen MR) is 253 cm³/mol. The van der Waals surface area contributed by atoms with Gasteiger partial charge >= 0.3 is 34.4 Å². The maximum atomic E-state index is 13.4. The number of esters is 4. The van der Waals surface area contributed by atoms with Gasteiger partial charge in [-0.3, -0.25) is 9.59 Å². The topological polar surface area (TPSA) is 234 Å². The third-order valence-electron chi connectivity index (χ3n) is 14.4. The van der Waals surface area contributed by atoms with Crippen LogP contribution in [0, 0.1) is 21.7 Å². The molecule has 1 N–H and O–H groups in total. The molecule has 2 saturated carbocycles. The van der Waals surface area contributed by atoms with Crippen molar-refractivity contribution in [2.24, 2.45) is 21.7 Å². The largest absolute Gasteiger partial charge is 0.743 e. The summed E-state index contributed by atoms with van der Waals surface area (Å²) < 4.78 is 160. The maximum Gasteiger partial charge on any atom is 0.368 e. The minimum absolute atomic E-state index is 0.0638. The smallest absolute Gasteiger partial charge is 0.368 e. The molecule has 404 valence electrons. The number of pyridine rings is 1.